The van der Waals surface area contributed by atoms with Gasteiger partial charge in [0.25, 0.3) is 5.56 Å². The summed E-state index contributed by atoms with van der Waals surface area (Å²) in [5, 5.41) is 13.6. The number of carboxylic acid groups (broad SMARTS) is 1. The number of para-hydroxylation sites is 1. The number of anilines is 1. The van der Waals surface area contributed by atoms with E-state index in [2.05, 4.69) is 15.5 Å². The second-order valence-corrected chi connectivity index (χ2v) is 6.05. The highest BCUT2D eigenvalue weighted by Gasteiger charge is 2.10. The van der Waals surface area contributed by atoms with E-state index in [0.29, 0.717) is 42.0 Å². The molecule has 0 aliphatic rings. The SMILES string of the molecule is COCCCn1c(N/N=C\c2ccc(C(=O)O)cc2)nc2ccccc2c1=O. The fourth-order valence-electron chi connectivity index (χ4n) is 2.70. The molecule has 0 atom stereocenters. The lowest BCUT2D eigenvalue weighted by atomic mass is 10.1. The average Bonchev–Trinajstić information content (AvgIpc) is 2.70. The molecule has 2 N–H and O–H groups in total. The van der Waals surface area contributed by atoms with E-state index in [4.69, 9.17) is 9.84 Å². The highest BCUT2D eigenvalue weighted by Crippen LogP contribution is 2.12. The third-order valence-corrected chi connectivity index (χ3v) is 4.13. The highest BCUT2D eigenvalue weighted by molar-refractivity contribution is 5.89. The van der Waals surface area contributed by atoms with Crippen molar-refractivity contribution in [3.63, 3.8) is 0 Å². The highest BCUT2D eigenvalue weighted by atomic mass is 16.5. The number of nitrogens with one attached hydrogen (secondary N) is 1. The van der Waals surface area contributed by atoms with Gasteiger partial charge in [-0.05, 0) is 36.2 Å². The number of rotatable bonds is 8. The summed E-state index contributed by atoms with van der Waals surface area (Å²) in [5.74, 6) is -0.653. The lowest BCUT2D eigenvalue weighted by Crippen LogP contribution is -2.24. The number of aromatic nitrogens is 2. The Kier molecular flexibility index (Phi) is 6.13. The summed E-state index contributed by atoms with van der Waals surface area (Å²) >= 11 is 0. The molecule has 0 aliphatic carbocycles. The zero-order valence-electron chi connectivity index (χ0n) is 15.3. The summed E-state index contributed by atoms with van der Waals surface area (Å²) in [6.07, 6.45) is 2.19. The van der Waals surface area contributed by atoms with Crippen molar-refractivity contribution < 1.29 is 14.6 Å². The molecule has 0 aliphatic heterocycles. The van der Waals surface area contributed by atoms with Crippen LogP contribution >= 0.6 is 0 Å². The molecule has 28 heavy (non-hydrogen) atoms. The molecule has 3 aromatic rings. The molecule has 0 unspecified atom stereocenters. The maximum absolute atomic E-state index is 12.8. The first-order valence-electron chi connectivity index (χ1n) is 8.71. The minimum atomic E-state index is -0.984. The van der Waals surface area contributed by atoms with Crippen LogP contribution in [0.2, 0.25) is 0 Å². The van der Waals surface area contributed by atoms with E-state index in [9.17, 15) is 9.59 Å². The first-order chi connectivity index (χ1) is 13.6. The van der Waals surface area contributed by atoms with E-state index in [1.54, 1.807) is 37.4 Å². The van der Waals surface area contributed by atoms with Crippen LogP contribution in [0.1, 0.15) is 22.3 Å². The number of methoxy groups -OCH3 is 1. The van der Waals surface area contributed by atoms with Crippen LogP contribution < -0.4 is 11.0 Å². The van der Waals surface area contributed by atoms with E-state index in [1.807, 2.05) is 6.07 Å². The van der Waals surface area contributed by atoms with Gasteiger partial charge in [-0.15, -0.1) is 0 Å². The molecule has 144 valence electrons. The van der Waals surface area contributed by atoms with E-state index in [1.165, 1.54) is 22.9 Å². The second kappa shape index (κ2) is 8.92. The van der Waals surface area contributed by atoms with E-state index in [0.717, 1.165) is 0 Å². The van der Waals surface area contributed by atoms with Crippen molar-refractivity contribution in [3.05, 3.63) is 70.0 Å². The predicted octanol–water partition coefficient (Wildman–Crippen LogP) is 2.58. The van der Waals surface area contributed by atoms with Gasteiger partial charge in [0.15, 0.2) is 0 Å². The molecule has 8 nitrogen and oxygen atoms in total. The third kappa shape index (κ3) is 4.41. The lowest BCUT2D eigenvalue weighted by molar-refractivity contribution is 0.0697. The van der Waals surface area contributed by atoms with Crippen molar-refractivity contribution in [3.8, 4) is 0 Å². The third-order valence-electron chi connectivity index (χ3n) is 4.13. The quantitative estimate of drug-likeness (QED) is 0.353. The fraction of sp³-hybridized carbons (Fsp3) is 0.200. The van der Waals surface area contributed by atoms with Gasteiger partial charge in [-0.25, -0.2) is 15.2 Å². The van der Waals surface area contributed by atoms with Crippen molar-refractivity contribution in [2.24, 2.45) is 5.10 Å². The summed E-state index contributed by atoms with van der Waals surface area (Å²) in [7, 11) is 1.61. The molecule has 0 saturated heterocycles. The Bertz CT molecular complexity index is 1060. The number of aromatic carboxylic acids is 1. The summed E-state index contributed by atoms with van der Waals surface area (Å²) in [6, 6.07) is 13.4. The van der Waals surface area contributed by atoms with Crippen molar-refractivity contribution in [2.75, 3.05) is 19.1 Å². The first kappa shape index (κ1) is 19.2. The van der Waals surface area contributed by atoms with Gasteiger partial charge in [-0.1, -0.05) is 24.3 Å². The number of carboxylic acids is 1. The van der Waals surface area contributed by atoms with Crippen LogP contribution in [-0.4, -0.2) is 40.6 Å². The van der Waals surface area contributed by atoms with Gasteiger partial charge < -0.3 is 9.84 Å². The number of carbonyl (C=O) groups is 1. The molecule has 1 heterocycles. The van der Waals surface area contributed by atoms with Gasteiger partial charge >= 0.3 is 5.97 Å². The number of hydrogen-bond donors (Lipinski definition) is 2. The monoisotopic (exact) mass is 380 g/mol. The first-order valence-corrected chi connectivity index (χ1v) is 8.71. The van der Waals surface area contributed by atoms with Crippen molar-refractivity contribution in [1.29, 1.82) is 0 Å². The Morgan fingerprint density at radius 3 is 2.71 bits per heavy atom. The van der Waals surface area contributed by atoms with Crippen molar-refractivity contribution in [2.45, 2.75) is 13.0 Å². The standard InChI is InChI=1S/C20H20N4O4/c1-28-12-4-11-24-18(25)16-5-2-3-6-17(16)22-20(24)23-21-13-14-7-9-15(10-8-14)19(26)27/h2-3,5-10,13H,4,11-12H2,1H3,(H,22,23)(H,26,27)/b21-13-. The smallest absolute Gasteiger partial charge is 0.335 e. The Morgan fingerprint density at radius 1 is 1.25 bits per heavy atom. The van der Waals surface area contributed by atoms with Gasteiger partial charge in [0.05, 0.1) is 22.7 Å². The average molecular weight is 380 g/mol. The topological polar surface area (TPSA) is 106 Å². The Hall–Kier alpha value is -3.52. The summed E-state index contributed by atoms with van der Waals surface area (Å²) < 4.78 is 6.60. The van der Waals surface area contributed by atoms with Crippen LogP contribution in [0.4, 0.5) is 5.95 Å². The Balaban J connectivity index is 1.86. The molecule has 0 saturated carbocycles. The van der Waals surface area contributed by atoms with Crippen LogP contribution in [0, 0.1) is 0 Å². The maximum Gasteiger partial charge on any atom is 0.335 e. The van der Waals surface area contributed by atoms with Crippen LogP contribution in [0.15, 0.2) is 58.4 Å². The van der Waals surface area contributed by atoms with Crippen LogP contribution in [0.25, 0.3) is 10.9 Å². The normalized spacial score (nSPS) is 11.2. The van der Waals surface area contributed by atoms with Gasteiger partial charge in [0.2, 0.25) is 5.95 Å². The predicted molar refractivity (Wildman–Crippen MR) is 107 cm³/mol. The van der Waals surface area contributed by atoms with Crippen LogP contribution in [0.5, 0.6) is 0 Å². The summed E-state index contributed by atoms with van der Waals surface area (Å²) in [4.78, 5) is 28.2. The fourth-order valence-corrected chi connectivity index (χ4v) is 2.70. The Morgan fingerprint density at radius 2 is 2.00 bits per heavy atom. The molecule has 0 radical (unpaired) electrons. The molecule has 0 amide bonds. The molecular weight excluding hydrogens is 360 g/mol. The number of ether oxygens (including phenoxy) is 1. The molecule has 0 bridgehead atoms. The molecule has 8 heteroatoms. The number of benzene rings is 2. The second-order valence-electron chi connectivity index (χ2n) is 6.05. The molecular formula is C20H20N4O4. The number of hydrogen-bond acceptors (Lipinski definition) is 6. The van der Waals surface area contributed by atoms with E-state index >= 15 is 0 Å². The lowest BCUT2D eigenvalue weighted by Gasteiger charge is -2.12. The van der Waals surface area contributed by atoms with Crippen LogP contribution in [-0.2, 0) is 11.3 Å². The van der Waals surface area contributed by atoms with Gasteiger partial charge in [-0.2, -0.15) is 5.10 Å². The molecule has 0 spiro atoms. The largest absolute Gasteiger partial charge is 0.478 e. The van der Waals surface area contributed by atoms with Gasteiger partial charge in [-0.3, -0.25) is 9.36 Å². The minimum absolute atomic E-state index is 0.148. The zero-order chi connectivity index (χ0) is 19.9. The van der Waals surface area contributed by atoms with E-state index < -0.39 is 5.97 Å². The maximum atomic E-state index is 12.8. The van der Waals surface area contributed by atoms with E-state index in [-0.39, 0.29) is 11.1 Å². The minimum Gasteiger partial charge on any atom is -0.478 e. The van der Waals surface area contributed by atoms with Gasteiger partial charge in [0, 0.05) is 20.3 Å². The number of hydrazone groups is 1. The molecule has 1 aromatic heterocycles. The molecule has 3 rings (SSSR count). The summed E-state index contributed by atoms with van der Waals surface area (Å²) in [6.45, 7) is 0.966. The van der Waals surface area contributed by atoms with Crippen LogP contribution in [0.3, 0.4) is 0 Å². The molecule has 0 fully saturated rings. The molecule has 2 aromatic carbocycles. The summed E-state index contributed by atoms with van der Waals surface area (Å²) in [5.41, 5.74) is 4.17. The van der Waals surface area contributed by atoms with Crippen molar-refractivity contribution >= 4 is 29.0 Å². The van der Waals surface area contributed by atoms with Gasteiger partial charge in [0.1, 0.15) is 0 Å². The Labute approximate surface area is 161 Å². The number of fused-ring (bicyclic) bond motifs is 1. The zero-order valence-corrected chi connectivity index (χ0v) is 15.3. The number of nitrogens with zero attached hydrogens (tertiary/aromatic N) is 3. The van der Waals surface area contributed by atoms with Crippen molar-refractivity contribution in [1.82, 2.24) is 9.55 Å².